The van der Waals surface area contributed by atoms with Crippen molar-refractivity contribution in [2.24, 2.45) is 10.9 Å². The van der Waals surface area contributed by atoms with Crippen molar-refractivity contribution in [2.45, 2.75) is 19.4 Å². The fourth-order valence-corrected chi connectivity index (χ4v) is 4.05. The van der Waals surface area contributed by atoms with Crippen LogP contribution in [-0.4, -0.2) is 83.0 Å². The molecule has 0 radical (unpaired) electrons. The van der Waals surface area contributed by atoms with Gasteiger partial charge in [-0.2, -0.15) is 0 Å². The molecular weight excluding hydrogens is 475 g/mol. The fraction of sp³-hybridized carbons (Fsp3) is 0.737. The molecular formula is C19H35IN4O2S. The van der Waals surface area contributed by atoms with E-state index in [4.69, 9.17) is 14.5 Å². The van der Waals surface area contributed by atoms with Crippen molar-refractivity contribution in [3.63, 3.8) is 0 Å². The first-order valence-electron chi connectivity index (χ1n) is 9.45. The van der Waals surface area contributed by atoms with Crippen molar-refractivity contribution >= 4 is 41.3 Å². The van der Waals surface area contributed by atoms with Crippen LogP contribution in [0.4, 0.5) is 0 Å². The van der Waals surface area contributed by atoms with Crippen molar-refractivity contribution in [1.82, 2.24) is 15.1 Å². The lowest BCUT2D eigenvalue weighted by Crippen LogP contribution is -2.41. The number of thiophene rings is 1. The first kappa shape index (κ1) is 24.6. The van der Waals surface area contributed by atoms with E-state index in [-0.39, 0.29) is 24.0 Å². The van der Waals surface area contributed by atoms with Gasteiger partial charge in [-0.25, -0.2) is 0 Å². The first-order chi connectivity index (χ1) is 12.7. The number of likely N-dealkylation sites (tertiary alicyclic amines) is 1. The average Bonchev–Trinajstić information content (AvgIpc) is 3.30. The van der Waals surface area contributed by atoms with Crippen LogP contribution in [0.5, 0.6) is 0 Å². The summed E-state index contributed by atoms with van der Waals surface area (Å²) in [5.74, 6) is 1.59. The van der Waals surface area contributed by atoms with E-state index >= 15 is 0 Å². The van der Waals surface area contributed by atoms with Crippen LogP contribution in [0, 0.1) is 5.92 Å². The van der Waals surface area contributed by atoms with Crippen LogP contribution < -0.4 is 5.32 Å². The molecule has 2 atom stereocenters. The summed E-state index contributed by atoms with van der Waals surface area (Å²) in [4.78, 5) is 10.9. The Morgan fingerprint density at radius 1 is 1.44 bits per heavy atom. The molecule has 1 aromatic rings. The van der Waals surface area contributed by atoms with E-state index in [9.17, 15) is 0 Å². The van der Waals surface area contributed by atoms with Gasteiger partial charge in [0.25, 0.3) is 0 Å². The van der Waals surface area contributed by atoms with Crippen molar-refractivity contribution in [2.75, 3.05) is 67.2 Å². The minimum atomic E-state index is 0. The van der Waals surface area contributed by atoms with Crippen LogP contribution in [0.25, 0.3) is 0 Å². The van der Waals surface area contributed by atoms with Crippen molar-refractivity contribution in [1.29, 1.82) is 0 Å². The van der Waals surface area contributed by atoms with Gasteiger partial charge < -0.3 is 24.6 Å². The molecule has 0 spiro atoms. The van der Waals surface area contributed by atoms with Gasteiger partial charge in [-0.3, -0.25) is 4.99 Å². The van der Waals surface area contributed by atoms with E-state index in [1.165, 1.54) is 4.88 Å². The maximum atomic E-state index is 5.71. The van der Waals surface area contributed by atoms with E-state index in [1.807, 2.05) is 0 Å². The smallest absolute Gasteiger partial charge is 0.193 e. The quantitative estimate of drug-likeness (QED) is 0.227. The number of guanidine groups is 1. The zero-order valence-corrected chi connectivity index (χ0v) is 20.2. The average molecular weight is 510 g/mol. The van der Waals surface area contributed by atoms with Crippen LogP contribution in [0.3, 0.4) is 0 Å². The van der Waals surface area contributed by atoms with E-state index in [0.29, 0.717) is 25.2 Å². The SMILES string of the molecule is CCNC(=NCC(c1cccs1)N(C)C)N1CCC(COCCOC)C1.I. The molecule has 27 heavy (non-hydrogen) atoms. The predicted molar refractivity (Wildman–Crippen MR) is 125 cm³/mol. The van der Waals surface area contributed by atoms with Crippen molar-refractivity contribution in [3.8, 4) is 0 Å². The number of aliphatic imine (C=N–C) groups is 1. The maximum absolute atomic E-state index is 5.71. The summed E-state index contributed by atoms with van der Waals surface area (Å²) in [5.41, 5.74) is 0. The largest absolute Gasteiger partial charge is 0.382 e. The molecule has 1 aliphatic heterocycles. The highest BCUT2D eigenvalue weighted by Crippen LogP contribution is 2.24. The van der Waals surface area contributed by atoms with Gasteiger partial charge in [0.2, 0.25) is 0 Å². The summed E-state index contributed by atoms with van der Waals surface area (Å²) in [6, 6.07) is 4.63. The predicted octanol–water partition coefficient (Wildman–Crippen LogP) is 2.92. The molecule has 1 N–H and O–H groups in total. The number of hydrogen-bond donors (Lipinski definition) is 1. The second kappa shape index (κ2) is 13.7. The van der Waals surface area contributed by atoms with Gasteiger partial charge >= 0.3 is 0 Å². The Morgan fingerprint density at radius 3 is 2.89 bits per heavy atom. The molecule has 1 aromatic heterocycles. The zero-order chi connectivity index (χ0) is 18.8. The molecule has 1 aliphatic rings. The van der Waals surface area contributed by atoms with E-state index in [1.54, 1.807) is 18.4 Å². The molecule has 1 saturated heterocycles. The van der Waals surface area contributed by atoms with Crippen LogP contribution >= 0.6 is 35.3 Å². The minimum absolute atomic E-state index is 0. The Morgan fingerprint density at radius 2 is 2.26 bits per heavy atom. The second-order valence-electron chi connectivity index (χ2n) is 6.86. The molecule has 2 heterocycles. The Bertz CT molecular complexity index is 528. The summed E-state index contributed by atoms with van der Waals surface area (Å²) < 4.78 is 10.7. The van der Waals surface area contributed by atoms with Crippen molar-refractivity contribution < 1.29 is 9.47 Å². The number of rotatable bonds is 10. The Kier molecular flexibility index (Phi) is 12.5. The van der Waals surface area contributed by atoms with Gasteiger partial charge in [0.15, 0.2) is 5.96 Å². The molecule has 2 unspecified atom stereocenters. The zero-order valence-electron chi connectivity index (χ0n) is 17.0. The molecule has 8 heteroatoms. The summed E-state index contributed by atoms with van der Waals surface area (Å²) in [7, 11) is 5.95. The highest BCUT2D eigenvalue weighted by atomic mass is 127. The van der Waals surface area contributed by atoms with Crippen LogP contribution in [0.2, 0.25) is 0 Å². The number of hydrogen-bond acceptors (Lipinski definition) is 5. The van der Waals surface area contributed by atoms with Crippen LogP contribution in [0.1, 0.15) is 24.3 Å². The third kappa shape index (κ3) is 8.23. The Hall–Kier alpha value is -0.420. The molecule has 0 saturated carbocycles. The summed E-state index contributed by atoms with van der Waals surface area (Å²) in [6.07, 6.45) is 1.15. The molecule has 0 aliphatic carbocycles. The monoisotopic (exact) mass is 510 g/mol. The van der Waals surface area contributed by atoms with Crippen LogP contribution in [0.15, 0.2) is 22.5 Å². The highest BCUT2D eigenvalue weighted by Gasteiger charge is 2.25. The topological polar surface area (TPSA) is 49.3 Å². The number of likely N-dealkylation sites (N-methyl/N-ethyl adjacent to an activating group) is 1. The molecule has 0 amide bonds. The maximum Gasteiger partial charge on any atom is 0.193 e. The molecule has 156 valence electrons. The van der Waals surface area contributed by atoms with Gasteiger partial charge in [-0.1, -0.05) is 6.07 Å². The molecule has 0 aromatic carbocycles. The summed E-state index contributed by atoms with van der Waals surface area (Å²) in [5, 5.41) is 5.60. The van der Waals surface area contributed by atoms with E-state index in [0.717, 1.165) is 45.2 Å². The van der Waals surface area contributed by atoms with Crippen LogP contribution in [-0.2, 0) is 9.47 Å². The van der Waals surface area contributed by atoms with Gasteiger partial charge in [-0.15, -0.1) is 35.3 Å². The second-order valence-corrected chi connectivity index (χ2v) is 7.84. The number of nitrogens with zero attached hydrogens (tertiary/aromatic N) is 3. The lowest BCUT2D eigenvalue weighted by molar-refractivity contribution is 0.0536. The first-order valence-corrected chi connectivity index (χ1v) is 10.3. The third-order valence-corrected chi connectivity index (χ3v) is 5.59. The summed E-state index contributed by atoms with van der Waals surface area (Å²) in [6.45, 7) is 7.95. The number of halogens is 1. The van der Waals surface area contributed by atoms with Gasteiger partial charge in [0.1, 0.15) is 0 Å². The fourth-order valence-electron chi connectivity index (χ4n) is 3.14. The molecule has 0 bridgehead atoms. The number of nitrogens with one attached hydrogen (secondary N) is 1. The number of ether oxygens (including phenoxy) is 2. The van der Waals surface area contributed by atoms with Gasteiger partial charge in [0, 0.05) is 37.5 Å². The molecule has 6 nitrogen and oxygen atoms in total. The lowest BCUT2D eigenvalue weighted by atomic mass is 10.1. The van der Waals surface area contributed by atoms with Crippen molar-refractivity contribution in [3.05, 3.63) is 22.4 Å². The van der Waals surface area contributed by atoms with E-state index < -0.39 is 0 Å². The molecule has 2 rings (SSSR count). The standard InChI is InChI=1S/C19H34N4O2S.HI/c1-5-20-19(21-13-17(22(2)3)18-7-6-12-26-18)23-9-8-16(14-23)15-25-11-10-24-4;/h6-7,12,16-17H,5,8-11,13-15H2,1-4H3,(H,20,21);1H. The Balaban J connectivity index is 0.00000364. The molecule has 1 fully saturated rings. The third-order valence-electron chi connectivity index (χ3n) is 4.61. The highest BCUT2D eigenvalue weighted by molar-refractivity contribution is 14.0. The van der Waals surface area contributed by atoms with Gasteiger partial charge in [0.05, 0.1) is 32.4 Å². The Labute approximate surface area is 185 Å². The normalized spacial score (nSPS) is 18.6. The van der Waals surface area contributed by atoms with Gasteiger partial charge in [-0.05, 0) is 38.9 Å². The summed E-state index contributed by atoms with van der Waals surface area (Å²) >= 11 is 1.80. The van der Waals surface area contributed by atoms with E-state index in [2.05, 4.69) is 53.6 Å². The number of methoxy groups -OCH3 is 1. The lowest BCUT2D eigenvalue weighted by Gasteiger charge is -2.25. The minimum Gasteiger partial charge on any atom is -0.382 e.